The summed E-state index contributed by atoms with van der Waals surface area (Å²) in [6, 6.07) is 0.508. The molecule has 2 aliphatic carbocycles. The lowest BCUT2D eigenvalue weighted by Gasteiger charge is -2.47. The SMILES string of the molecule is CCNC(=NCC1(N2CCOCC2)CCCCC1)NC1CC=CC1. The molecule has 0 spiro atoms. The zero-order valence-corrected chi connectivity index (χ0v) is 15.2. The summed E-state index contributed by atoms with van der Waals surface area (Å²) in [5.74, 6) is 0.990. The van der Waals surface area contributed by atoms with E-state index in [9.17, 15) is 0 Å². The van der Waals surface area contributed by atoms with Crippen LogP contribution in [0.2, 0.25) is 0 Å². The molecule has 3 rings (SSSR count). The van der Waals surface area contributed by atoms with E-state index in [4.69, 9.17) is 9.73 Å². The third kappa shape index (κ3) is 4.51. The molecule has 3 aliphatic rings. The van der Waals surface area contributed by atoms with E-state index in [1.807, 2.05) is 0 Å². The van der Waals surface area contributed by atoms with E-state index >= 15 is 0 Å². The van der Waals surface area contributed by atoms with E-state index in [0.29, 0.717) is 6.04 Å². The van der Waals surface area contributed by atoms with Crippen molar-refractivity contribution in [3.63, 3.8) is 0 Å². The Balaban J connectivity index is 1.66. The second kappa shape index (κ2) is 8.86. The maximum Gasteiger partial charge on any atom is 0.191 e. The molecule has 0 aromatic rings. The molecule has 1 saturated carbocycles. The lowest BCUT2D eigenvalue weighted by molar-refractivity contribution is -0.0333. The Labute approximate surface area is 146 Å². The summed E-state index contributed by atoms with van der Waals surface area (Å²) in [5, 5.41) is 7.05. The summed E-state index contributed by atoms with van der Waals surface area (Å²) in [5.41, 5.74) is 0.248. The lowest BCUT2D eigenvalue weighted by atomic mass is 9.80. The van der Waals surface area contributed by atoms with Crippen LogP contribution in [0, 0.1) is 0 Å². The number of guanidine groups is 1. The number of aliphatic imine (C=N–C) groups is 1. The van der Waals surface area contributed by atoms with Crippen LogP contribution in [0.1, 0.15) is 51.9 Å². The molecule has 2 N–H and O–H groups in total. The van der Waals surface area contributed by atoms with Crippen molar-refractivity contribution in [3.05, 3.63) is 12.2 Å². The Morgan fingerprint density at radius 2 is 1.88 bits per heavy atom. The van der Waals surface area contributed by atoms with Crippen LogP contribution in [0.25, 0.3) is 0 Å². The van der Waals surface area contributed by atoms with E-state index in [1.165, 1.54) is 32.1 Å². The van der Waals surface area contributed by atoms with Crippen molar-refractivity contribution in [2.75, 3.05) is 39.4 Å². The van der Waals surface area contributed by atoms with E-state index in [2.05, 4.69) is 34.6 Å². The molecule has 1 saturated heterocycles. The van der Waals surface area contributed by atoms with Crippen molar-refractivity contribution in [2.24, 2.45) is 4.99 Å². The molecule has 2 fully saturated rings. The van der Waals surface area contributed by atoms with Gasteiger partial charge in [-0.25, -0.2) is 0 Å². The molecular formula is C19H34N4O. The first-order chi connectivity index (χ1) is 11.8. The van der Waals surface area contributed by atoms with Gasteiger partial charge in [0.15, 0.2) is 5.96 Å². The maximum absolute atomic E-state index is 5.58. The first kappa shape index (κ1) is 17.7. The summed E-state index contributed by atoms with van der Waals surface area (Å²) in [6.45, 7) is 7.83. The fourth-order valence-corrected chi connectivity index (χ4v) is 4.30. The Hall–Kier alpha value is -1.07. The van der Waals surface area contributed by atoms with Gasteiger partial charge < -0.3 is 15.4 Å². The van der Waals surface area contributed by atoms with E-state index in [-0.39, 0.29) is 5.54 Å². The highest BCUT2D eigenvalue weighted by Crippen LogP contribution is 2.34. The molecule has 136 valence electrons. The van der Waals surface area contributed by atoms with Crippen LogP contribution in [-0.4, -0.2) is 61.8 Å². The van der Waals surface area contributed by atoms with Crippen molar-refractivity contribution in [2.45, 2.75) is 63.5 Å². The minimum absolute atomic E-state index is 0.248. The predicted molar refractivity (Wildman–Crippen MR) is 99.5 cm³/mol. The Morgan fingerprint density at radius 3 is 2.54 bits per heavy atom. The average molecular weight is 335 g/mol. The van der Waals surface area contributed by atoms with Gasteiger partial charge in [0, 0.05) is 31.2 Å². The number of hydrogen-bond acceptors (Lipinski definition) is 3. The van der Waals surface area contributed by atoms with Crippen LogP contribution in [0.4, 0.5) is 0 Å². The highest BCUT2D eigenvalue weighted by atomic mass is 16.5. The number of morpholine rings is 1. The number of rotatable bonds is 5. The van der Waals surface area contributed by atoms with Crippen molar-refractivity contribution in [3.8, 4) is 0 Å². The zero-order chi connectivity index (χ0) is 16.7. The highest BCUT2D eigenvalue weighted by molar-refractivity contribution is 5.80. The summed E-state index contributed by atoms with van der Waals surface area (Å²) in [4.78, 5) is 7.70. The molecule has 0 aromatic heterocycles. The van der Waals surface area contributed by atoms with Crippen LogP contribution in [-0.2, 0) is 4.74 Å². The summed E-state index contributed by atoms with van der Waals surface area (Å²) in [7, 11) is 0. The average Bonchev–Trinajstić information content (AvgIpc) is 3.15. The van der Waals surface area contributed by atoms with Gasteiger partial charge in [0.05, 0.1) is 19.8 Å². The quantitative estimate of drug-likeness (QED) is 0.460. The molecule has 0 bridgehead atoms. The fraction of sp³-hybridized carbons (Fsp3) is 0.842. The van der Waals surface area contributed by atoms with Crippen LogP contribution in [0.5, 0.6) is 0 Å². The summed E-state index contributed by atoms with van der Waals surface area (Å²) in [6.07, 6.45) is 13.4. The third-order valence-electron chi connectivity index (χ3n) is 5.69. The van der Waals surface area contributed by atoms with Crippen LogP contribution >= 0.6 is 0 Å². The topological polar surface area (TPSA) is 48.9 Å². The molecule has 0 radical (unpaired) electrons. The van der Waals surface area contributed by atoms with Crippen molar-refractivity contribution in [1.29, 1.82) is 0 Å². The van der Waals surface area contributed by atoms with Gasteiger partial charge >= 0.3 is 0 Å². The smallest absolute Gasteiger partial charge is 0.191 e. The van der Waals surface area contributed by atoms with Crippen LogP contribution < -0.4 is 10.6 Å². The first-order valence-corrected chi connectivity index (χ1v) is 9.85. The van der Waals surface area contributed by atoms with Gasteiger partial charge in [0.25, 0.3) is 0 Å². The van der Waals surface area contributed by atoms with Gasteiger partial charge in [-0.3, -0.25) is 9.89 Å². The third-order valence-corrected chi connectivity index (χ3v) is 5.69. The van der Waals surface area contributed by atoms with Crippen molar-refractivity contribution >= 4 is 5.96 Å². The molecule has 5 heteroatoms. The normalized spacial score (nSPS) is 25.8. The van der Waals surface area contributed by atoms with Crippen LogP contribution in [0.3, 0.4) is 0 Å². The number of ether oxygens (including phenoxy) is 1. The monoisotopic (exact) mass is 334 g/mol. The molecule has 1 aliphatic heterocycles. The first-order valence-electron chi connectivity index (χ1n) is 9.85. The standard InChI is InChI=1S/C19H34N4O/c1-2-20-18(22-17-8-4-5-9-17)21-16-19(10-6-3-7-11-19)23-12-14-24-15-13-23/h4-5,17H,2-3,6-16H2,1H3,(H2,20,21,22). The van der Waals surface area contributed by atoms with E-state index in [0.717, 1.165) is 58.2 Å². The largest absolute Gasteiger partial charge is 0.379 e. The van der Waals surface area contributed by atoms with Gasteiger partial charge in [-0.05, 0) is 32.6 Å². The molecule has 24 heavy (non-hydrogen) atoms. The fourth-order valence-electron chi connectivity index (χ4n) is 4.30. The molecule has 0 atom stereocenters. The Bertz CT molecular complexity index is 429. The second-order valence-corrected chi connectivity index (χ2v) is 7.36. The molecule has 0 unspecified atom stereocenters. The van der Waals surface area contributed by atoms with Gasteiger partial charge in [-0.1, -0.05) is 31.4 Å². The predicted octanol–water partition coefficient (Wildman–Crippen LogP) is 2.30. The lowest BCUT2D eigenvalue weighted by Crippen LogP contribution is -2.56. The van der Waals surface area contributed by atoms with Gasteiger partial charge in [0.2, 0.25) is 0 Å². The minimum atomic E-state index is 0.248. The van der Waals surface area contributed by atoms with Gasteiger partial charge in [0.1, 0.15) is 0 Å². The highest BCUT2D eigenvalue weighted by Gasteiger charge is 2.38. The summed E-state index contributed by atoms with van der Waals surface area (Å²) >= 11 is 0. The molecule has 5 nitrogen and oxygen atoms in total. The summed E-state index contributed by atoms with van der Waals surface area (Å²) < 4.78 is 5.58. The van der Waals surface area contributed by atoms with Crippen molar-refractivity contribution < 1.29 is 4.74 Å². The maximum atomic E-state index is 5.58. The Morgan fingerprint density at radius 1 is 1.17 bits per heavy atom. The number of nitrogens with one attached hydrogen (secondary N) is 2. The minimum Gasteiger partial charge on any atom is -0.379 e. The number of hydrogen-bond donors (Lipinski definition) is 2. The Kier molecular flexibility index (Phi) is 6.55. The molecule has 0 aromatic carbocycles. The van der Waals surface area contributed by atoms with Gasteiger partial charge in [-0.2, -0.15) is 0 Å². The molecular weight excluding hydrogens is 300 g/mol. The van der Waals surface area contributed by atoms with Gasteiger partial charge in [-0.15, -0.1) is 0 Å². The van der Waals surface area contributed by atoms with Crippen molar-refractivity contribution in [1.82, 2.24) is 15.5 Å². The molecule has 0 amide bonds. The molecule has 1 heterocycles. The number of nitrogens with zero attached hydrogens (tertiary/aromatic N) is 2. The second-order valence-electron chi connectivity index (χ2n) is 7.36. The van der Waals surface area contributed by atoms with E-state index in [1.54, 1.807) is 0 Å². The van der Waals surface area contributed by atoms with E-state index < -0.39 is 0 Å². The van der Waals surface area contributed by atoms with Crippen LogP contribution in [0.15, 0.2) is 17.1 Å². The zero-order valence-electron chi connectivity index (χ0n) is 15.2.